The van der Waals surface area contributed by atoms with Crippen LogP contribution in [0.2, 0.25) is 0 Å². The van der Waals surface area contributed by atoms with Gasteiger partial charge < -0.3 is 14.5 Å². The molecule has 0 atom stereocenters. The Balaban J connectivity index is 1.48. The van der Waals surface area contributed by atoms with Crippen molar-refractivity contribution in [2.45, 2.75) is 32.8 Å². The number of thiophene rings is 1. The highest BCUT2D eigenvalue weighted by Crippen LogP contribution is 2.30. The van der Waals surface area contributed by atoms with Gasteiger partial charge in [0.2, 0.25) is 0 Å². The lowest BCUT2D eigenvalue weighted by Gasteiger charge is -2.39. The highest BCUT2D eigenvalue weighted by molar-refractivity contribution is 7.13. The number of carbonyl (C=O) groups is 1. The van der Waals surface area contributed by atoms with Crippen molar-refractivity contribution in [2.24, 2.45) is 0 Å². The molecule has 5 rings (SSSR count). The normalized spacial score (nSPS) is 14.1. The monoisotopic (exact) mass is 504 g/mol. The van der Waals surface area contributed by atoms with E-state index in [-0.39, 0.29) is 11.9 Å². The second-order valence-corrected chi connectivity index (χ2v) is 9.98. The lowest BCUT2D eigenvalue weighted by Crippen LogP contribution is -2.52. The third-order valence-electron chi connectivity index (χ3n) is 6.83. The maximum Gasteiger partial charge on any atom is 0.165 e. The van der Waals surface area contributed by atoms with Crippen LogP contribution < -0.4 is 4.90 Å². The minimum absolute atomic E-state index is 0.138. The lowest BCUT2D eigenvalue weighted by molar-refractivity contribution is 0.0783. The molecule has 0 aromatic carbocycles. The van der Waals surface area contributed by atoms with Crippen molar-refractivity contribution in [2.75, 3.05) is 44.7 Å². The van der Waals surface area contributed by atoms with Crippen molar-refractivity contribution >= 4 is 28.6 Å². The highest BCUT2D eigenvalue weighted by atomic mass is 32.1. The Morgan fingerprint density at radius 2 is 2.00 bits per heavy atom. The molecule has 188 valence electrons. The fourth-order valence-corrected chi connectivity index (χ4v) is 5.21. The summed E-state index contributed by atoms with van der Waals surface area (Å²) in [6.45, 7) is 8.76. The molecule has 0 saturated carbocycles. The smallest absolute Gasteiger partial charge is 0.165 e. The van der Waals surface area contributed by atoms with Crippen LogP contribution in [-0.4, -0.2) is 76.2 Å². The molecule has 0 spiro atoms. The first-order valence-corrected chi connectivity index (χ1v) is 13.4. The Bertz CT molecular complexity index is 1330. The van der Waals surface area contributed by atoms with E-state index in [1.165, 1.54) is 0 Å². The van der Waals surface area contributed by atoms with Crippen molar-refractivity contribution in [3.8, 4) is 21.8 Å². The first-order valence-electron chi connectivity index (χ1n) is 12.5. The average molecular weight is 505 g/mol. The molecule has 1 aliphatic heterocycles. The highest BCUT2D eigenvalue weighted by Gasteiger charge is 2.29. The van der Waals surface area contributed by atoms with E-state index < -0.39 is 0 Å². The third kappa shape index (κ3) is 5.04. The van der Waals surface area contributed by atoms with Gasteiger partial charge in [-0.05, 0) is 55.7 Å². The molecule has 1 fully saturated rings. The molecule has 0 amide bonds. The van der Waals surface area contributed by atoms with Gasteiger partial charge in [0, 0.05) is 38.4 Å². The standard InChI is InChI=1S/C27H32N6O2S/c1-4-31(5-2)11-6-8-24(34)19-14-23(29-26(15-19)32-17-20(18-32)35-3)21-16-28-33-12-10-22(30-27(21)33)25-9-7-13-36-25/h7,9-10,12-16,20H,4-6,8,11,17-18H2,1-3H3. The molecule has 0 unspecified atom stereocenters. The summed E-state index contributed by atoms with van der Waals surface area (Å²) in [6.07, 6.45) is 5.25. The zero-order valence-corrected chi connectivity index (χ0v) is 21.9. The number of methoxy groups -OCH3 is 1. The fraction of sp³-hybridized carbons (Fsp3) is 0.407. The van der Waals surface area contributed by atoms with Crippen LogP contribution in [0.4, 0.5) is 5.82 Å². The number of hydrogen-bond donors (Lipinski definition) is 0. The van der Waals surface area contributed by atoms with Gasteiger partial charge >= 0.3 is 0 Å². The van der Waals surface area contributed by atoms with Gasteiger partial charge in [-0.3, -0.25) is 4.79 Å². The summed E-state index contributed by atoms with van der Waals surface area (Å²) in [6, 6.07) is 9.87. The second kappa shape index (κ2) is 10.9. The molecule has 0 bridgehead atoms. The molecule has 1 saturated heterocycles. The van der Waals surface area contributed by atoms with Gasteiger partial charge in [0.25, 0.3) is 0 Å². The number of aromatic nitrogens is 4. The van der Waals surface area contributed by atoms with Crippen molar-refractivity contribution < 1.29 is 9.53 Å². The number of nitrogens with zero attached hydrogens (tertiary/aromatic N) is 6. The Hall–Kier alpha value is -3.14. The van der Waals surface area contributed by atoms with E-state index in [4.69, 9.17) is 14.7 Å². The number of Topliss-reactive ketones (excluding diaryl/α,β-unsaturated/α-hetero) is 1. The van der Waals surface area contributed by atoms with Crippen LogP contribution in [-0.2, 0) is 4.74 Å². The van der Waals surface area contributed by atoms with Gasteiger partial charge in [-0.15, -0.1) is 11.3 Å². The first kappa shape index (κ1) is 24.5. The molecule has 0 radical (unpaired) electrons. The van der Waals surface area contributed by atoms with Crippen LogP contribution in [0, 0.1) is 0 Å². The maximum atomic E-state index is 13.3. The van der Waals surface area contributed by atoms with E-state index in [0.29, 0.717) is 17.7 Å². The number of pyridine rings is 1. The van der Waals surface area contributed by atoms with Gasteiger partial charge in [0.05, 0.1) is 34.1 Å². The van der Waals surface area contributed by atoms with Gasteiger partial charge in [-0.2, -0.15) is 5.10 Å². The summed E-state index contributed by atoms with van der Waals surface area (Å²) in [5.41, 5.74) is 3.84. The molecule has 9 heteroatoms. The Morgan fingerprint density at radius 1 is 1.17 bits per heavy atom. The van der Waals surface area contributed by atoms with Gasteiger partial charge in [-0.1, -0.05) is 19.9 Å². The fourth-order valence-electron chi connectivity index (χ4n) is 4.51. The summed E-state index contributed by atoms with van der Waals surface area (Å²) in [5, 5.41) is 6.55. The van der Waals surface area contributed by atoms with Gasteiger partial charge in [0.15, 0.2) is 11.4 Å². The van der Waals surface area contributed by atoms with Crippen molar-refractivity contribution in [3.63, 3.8) is 0 Å². The lowest BCUT2D eigenvalue weighted by atomic mass is 10.0. The Kier molecular flexibility index (Phi) is 7.41. The Morgan fingerprint density at radius 3 is 2.72 bits per heavy atom. The molecule has 36 heavy (non-hydrogen) atoms. The van der Waals surface area contributed by atoms with E-state index in [1.807, 2.05) is 35.8 Å². The topological polar surface area (TPSA) is 75.9 Å². The van der Waals surface area contributed by atoms with Gasteiger partial charge in [-0.25, -0.2) is 14.5 Å². The molecular formula is C27H32N6O2S. The minimum atomic E-state index is 0.138. The number of anilines is 1. The summed E-state index contributed by atoms with van der Waals surface area (Å²) < 4.78 is 7.22. The van der Waals surface area contributed by atoms with E-state index >= 15 is 0 Å². The van der Waals surface area contributed by atoms with Crippen LogP contribution in [0.3, 0.4) is 0 Å². The number of carbonyl (C=O) groups excluding carboxylic acids is 1. The molecule has 5 heterocycles. The molecule has 0 aliphatic carbocycles. The van der Waals surface area contributed by atoms with Crippen LogP contribution in [0.25, 0.3) is 27.5 Å². The molecule has 4 aromatic heterocycles. The van der Waals surface area contributed by atoms with Crippen LogP contribution in [0.5, 0.6) is 0 Å². The zero-order valence-electron chi connectivity index (χ0n) is 21.1. The maximum absolute atomic E-state index is 13.3. The van der Waals surface area contributed by atoms with Crippen molar-refractivity contribution in [3.05, 3.63) is 53.7 Å². The number of hydrogen-bond acceptors (Lipinski definition) is 8. The van der Waals surface area contributed by atoms with Crippen LogP contribution in [0.15, 0.2) is 48.1 Å². The minimum Gasteiger partial charge on any atom is -0.378 e. The van der Waals surface area contributed by atoms with E-state index in [0.717, 1.165) is 66.7 Å². The largest absolute Gasteiger partial charge is 0.378 e. The number of ether oxygens (including phenoxy) is 1. The number of rotatable bonds is 11. The van der Waals surface area contributed by atoms with Crippen molar-refractivity contribution in [1.29, 1.82) is 0 Å². The first-order chi connectivity index (χ1) is 17.6. The summed E-state index contributed by atoms with van der Waals surface area (Å²) in [5.74, 6) is 0.932. The third-order valence-corrected chi connectivity index (χ3v) is 7.72. The summed E-state index contributed by atoms with van der Waals surface area (Å²) >= 11 is 1.65. The van der Waals surface area contributed by atoms with Crippen LogP contribution in [0.1, 0.15) is 37.0 Å². The summed E-state index contributed by atoms with van der Waals surface area (Å²) in [4.78, 5) is 28.7. The predicted octanol–water partition coefficient (Wildman–Crippen LogP) is 4.66. The Labute approximate surface area is 215 Å². The molecular weight excluding hydrogens is 472 g/mol. The van der Waals surface area contributed by atoms with Crippen LogP contribution >= 0.6 is 11.3 Å². The molecule has 0 N–H and O–H groups in total. The molecule has 4 aromatic rings. The zero-order chi connectivity index (χ0) is 25.1. The SMILES string of the molecule is CCN(CC)CCCC(=O)c1cc(-c2cnn3ccc(-c4cccs4)nc23)nc(N2CC(OC)C2)c1. The molecule has 1 aliphatic rings. The van der Waals surface area contributed by atoms with Crippen molar-refractivity contribution in [1.82, 2.24) is 24.5 Å². The number of fused-ring (bicyclic) bond motifs is 1. The van der Waals surface area contributed by atoms with E-state index in [2.05, 4.69) is 34.8 Å². The van der Waals surface area contributed by atoms with E-state index in [1.54, 1.807) is 29.2 Å². The molecule has 8 nitrogen and oxygen atoms in total. The predicted molar refractivity (Wildman–Crippen MR) is 144 cm³/mol. The summed E-state index contributed by atoms with van der Waals surface area (Å²) in [7, 11) is 1.73. The number of ketones is 1. The second-order valence-electron chi connectivity index (χ2n) is 9.03. The quantitative estimate of drug-likeness (QED) is 0.275. The average Bonchev–Trinajstić information content (AvgIpc) is 3.56. The van der Waals surface area contributed by atoms with Gasteiger partial charge in [0.1, 0.15) is 5.82 Å². The van der Waals surface area contributed by atoms with E-state index in [9.17, 15) is 4.79 Å².